The van der Waals surface area contributed by atoms with Gasteiger partial charge in [0.2, 0.25) is 17.7 Å². The summed E-state index contributed by atoms with van der Waals surface area (Å²) >= 11 is 0. The van der Waals surface area contributed by atoms with Gasteiger partial charge < -0.3 is 15.5 Å². The Morgan fingerprint density at radius 3 is 2.60 bits per heavy atom. The first-order valence-electron chi connectivity index (χ1n) is 6.45. The topological polar surface area (TPSA) is 78.5 Å². The molecule has 1 aromatic rings. The van der Waals surface area contributed by atoms with Crippen molar-refractivity contribution in [1.29, 1.82) is 0 Å². The largest absolute Gasteiger partial charge is 0.353 e. The van der Waals surface area contributed by atoms with Crippen LogP contribution in [0, 0.1) is 0 Å². The quantitative estimate of drug-likeness (QED) is 0.824. The first-order chi connectivity index (χ1) is 9.54. The summed E-state index contributed by atoms with van der Waals surface area (Å²) in [7, 11) is 0. The molecule has 1 aliphatic heterocycles. The highest BCUT2D eigenvalue weighted by Crippen LogP contribution is 2.11. The summed E-state index contributed by atoms with van der Waals surface area (Å²) in [6.07, 6.45) is 0.258. The van der Waals surface area contributed by atoms with Crippen molar-refractivity contribution in [2.24, 2.45) is 0 Å². The number of hydrogen-bond donors (Lipinski definition) is 2. The molecule has 0 aromatic heterocycles. The fourth-order valence-electron chi connectivity index (χ4n) is 2.05. The number of carbonyl (C=O) groups is 3. The normalized spacial score (nSPS) is 14.7. The van der Waals surface area contributed by atoms with Crippen molar-refractivity contribution in [1.82, 2.24) is 10.2 Å². The van der Waals surface area contributed by atoms with Gasteiger partial charge in [0.15, 0.2) is 0 Å². The van der Waals surface area contributed by atoms with E-state index in [4.69, 9.17) is 0 Å². The van der Waals surface area contributed by atoms with E-state index in [9.17, 15) is 14.4 Å². The van der Waals surface area contributed by atoms with E-state index < -0.39 is 0 Å². The molecule has 0 atom stereocenters. The Kier molecular flexibility index (Phi) is 4.34. The first-order valence-corrected chi connectivity index (χ1v) is 6.45. The summed E-state index contributed by atoms with van der Waals surface area (Å²) in [6, 6.07) is 7.11. The third kappa shape index (κ3) is 3.81. The molecule has 1 aliphatic rings. The van der Waals surface area contributed by atoms with E-state index in [0.29, 0.717) is 18.8 Å². The number of piperazine rings is 1. The Balaban J connectivity index is 1.93. The Morgan fingerprint density at radius 2 is 2.00 bits per heavy atom. The van der Waals surface area contributed by atoms with Crippen LogP contribution in [0.1, 0.15) is 12.5 Å². The molecule has 0 radical (unpaired) electrons. The van der Waals surface area contributed by atoms with E-state index in [0.717, 1.165) is 5.56 Å². The molecular weight excluding hydrogens is 258 g/mol. The van der Waals surface area contributed by atoms with Crippen LogP contribution in [-0.4, -0.2) is 42.3 Å². The van der Waals surface area contributed by atoms with Gasteiger partial charge in [0, 0.05) is 25.7 Å². The summed E-state index contributed by atoms with van der Waals surface area (Å²) in [5, 5.41) is 5.35. The van der Waals surface area contributed by atoms with Crippen LogP contribution in [0.25, 0.3) is 0 Å². The number of amides is 3. The summed E-state index contributed by atoms with van der Waals surface area (Å²) < 4.78 is 0. The minimum atomic E-state index is -0.131. The Hall–Kier alpha value is -2.37. The second-order valence-corrected chi connectivity index (χ2v) is 4.72. The van der Waals surface area contributed by atoms with Crippen molar-refractivity contribution in [3.05, 3.63) is 29.8 Å². The molecule has 3 amide bonds. The third-order valence-electron chi connectivity index (χ3n) is 3.02. The van der Waals surface area contributed by atoms with E-state index in [1.165, 1.54) is 6.92 Å². The Morgan fingerprint density at radius 1 is 1.30 bits per heavy atom. The zero-order chi connectivity index (χ0) is 14.5. The maximum Gasteiger partial charge on any atom is 0.239 e. The van der Waals surface area contributed by atoms with Gasteiger partial charge in [-0.25, -0.2) is 0 Å². The number of hydrogen-bond acceptors (Lipinski definition) is 3. The maximum atomic E-state index is 12.1. The molecule has 2 rings (SSSR count). The highest BCUT2D eigenvalue weighted by Gasteiger charge is 2.20. The summed E-state index contributed by atoms with van der Waals surface area (Å²) in [5.41, 5.74) is 1.56. The molecular formula is C14H17N3O3. The lowest BCUT2D eigenvalue weighted by Gasteiger charge is -2.26. The van der Waals surface area contributed by atoms with Crippen molar-refractivity contribution >= 4 is 23.4 Å². The van der Waals surface area contributed by atoms with Crippen LogP contribution in [0.15, 0.2) is 24.3 Å². The molecule has 1 saturated heterocycles. The lowest BCUT2D eigenvalue weighted by molar-refractivity contribution is -0.137. The lowest BCUT2D eigenvalue weighted by Crippen LogP contribution is -2.50. The Labute approximate surface area is 117 Å². The standard InChI is InChI=1S/C14H17N3O3/c1-10(18)16-12-4-2-11(3-5-12)8-14(20)17-7-6-15-13(19)9-17/h2-5H,6-9H2,1H3,(H,15,19)(H,16,18). The second kappa shape index (κ2) is 6.18. The van der Waals surface area contributed by atoms with E-state index in [1.807, 2.05) is 0 Å². The lowest BCUT2D eigenvalue weighted by atomic mass is 10.1. The molecule has 1 aromatic carbocycles. The van der Waals surface area contributed by atoms with E-state index in [-0.39, 0.29) is 30.7 Å². The minimum absolute atomic E-state index is 0.0628. The molecule has 1 heterocycles. The van der Waals surface area contributed by atoms with Crippen LogP contribution in [0.3, 0.4) is 0 Å². The number of rotatable bonds is 3. The zero-order valence-corrected chi connectivity index (χ0v) is 11.3. The molecule has 0 bridgehead atoms. The van der Waals surface area contributed by atoms with Crippen molar-refractivity contribution < 1.29 is 14.4 Å². The molecule has 0 aliphatic carbocycles. The monoisotopic (exact) mass is 275 g/mol. The van der Waals surface area contributed by atoms with E-state index in [2.05, 4.69) is 10.6 Å². The summed E-state index contributed by atoms with van der Waals surface area (Å²) in [5.74, 6) is -0.314. The molecule has 2 N–H and O–H groups in total. The average Bonchev–Trinajstić information content (AvgIpc) is 2.40. The van der Waals surface area contributed by atoms with E-state index >= 15 is 0 Å². The van der Waals surface area contributed by atoms with Crippen LogP contribution < -0.4 is 10.6 Å². The third-order valence-corrected chi connectivity index (χ3v) is 3.02. The zero-order valence-electron chi connectivity index (χ0n) is 11.3. The first kappa shape index (κ1) is 14.0. The number of nitrogens with zero attached hydrogens (tertiary/aromatic N) is 1. The second-order valence-electron chi connectivity index (χ2n) is 4.72. The minimum Gasteiger partial charge on any atom is -0.353 e. The summed E-state index contributed by atoms with van der Waals surface area (Å²) in [4.78, 5) is 35.7. The van der Waals surface area contributed by atoms with Crippen LogP contribution >= 0.6 is 0 Å². The SMILES string of the molecule is CC(=O)Nc1ccc(CC(=O)N2CCNC(=O)C2)cc1. The molecule has 20 heavy (non-hydrogen) atoms. The molecule has 0 saturated carbocycles. The smallest absolute Gasteiger partial charge is 0.239 e. The number of nitrogens with one attached hydrogen (secondary N) is 2. The fourth-order valence-corrected chi connectivity index (χ4v) is 2.05. The molecule has 106 valence electrons. The van der Waals surface area contributed by atoms with E-state index in [1.54, 1.807) is 29.2 Å². The van der Waals surface area contributed by atoms with Crippen LogP contribution in [0.2, 0.25) is 0 Å². The summed E-state index contributed by atoms with van der Waals surface area (Å²) in [6.45, 7) is 2.63. The van der Waals surface area contributed by atoms with Crippen molar-refractivity contribution in [3.63, 3.8) is 0 Å². The van der Waals surface area contributed by atoms with Gasteiger partial charge in [0.05, 0.1) is 13.0 Å². The number of benzene rings is 1. The van der Waals surface area contributed by atoms with Crippen molar-refractivity contribution in [2.75, 3.05) is 25.0 Å². The number of carbonyl (C=O) groups excluding carboxylic acids is 3. The van der Waals surface area contributed by atoms with Crippen LogP contribution in [0.5, 0.6) is 0 Å². The van der Waals surface area contributed by atoms with Gasteiger partial charge in [-0.3, -0.25) is 14.4 Å². The van der Waals surface area contributed by atoms with Gasteiger partial charge in [-0.15, -0.1) is 0 Å². The van der Waals surface area contributed by atoms with Crippen molar-refractivity contribution in [3.8, 4) is 0 Å². The molecule has 0 unspecified atom stereocenters. The molecule has 6 nitrogen and oxygen atoms in total. The van der Waals surface area contributed by atoms with Gasteiger partial charge in [0.1, 0.15) is 0 Å². The molecule has 0 spiro atoms. The average molecular weight is 275 g/mol. The van der Waals surface area contributed by atoms with Gasteiger partial charge in [-0.1, -0.05) is 12.1 Å². The Bertz CT molecular complexity index is 525. The van der Waals surface area contributed by atoms with Gasteiger partial charge in [0.25, 0.3) is 0 Å². The maximum absolute atomic E-state index is 12.1. The van der Waals surface area contributed by atoms with Crippen molar-refractivity contribution in [2.45, 2.75) is 13.3 Å². The highest BCUT2D eigenvalue weighted by molar-refractivity contribution is 5.89. The highest BCUT2D eigenvalue weighted by atomic mass is 16.2. The van der Waals surface area contributed by atoms with Gasteiger partial charge in [-0.05, 0) is 17.7 Å². The van der Waals surface area contributed by atoms with Crippen LogP contribution in [0.4, 0.5) is 5.69 Å². The molecule has 6 heteroatoms. The molecule has 1 fully saturated rings. The predicted molar refractivity (Wildman–Crippen MR) is 74.0 cm³/mol. The van der Waals surface area contributed by atoms with Gasteiger partial charge >= 0.3 is 0 Å². The number of anilines is 1. The van der Waals surface area contributed by atoms with Crippen LogP contribution in [-0.2, 0) is 20.8 Å². The predicted octanol–water partition coefficient (Wildman–Crippen LogP) is 0.146. The van der Waals surface area contributed by atoms with Gasteiger partial charge in [-0.2, -0.15) is 0 Å². The fraction of sp³-hybridized carbons (Fsp3) is 0.357.